The average molecular weight is 460 g/mol. The number of benzene rings is 2. The van der Waals surface area contributed by atoms with E-state index >= 15 is 0 Å². The number of carbonyl (C=O) groups excluding carboxylic acids is 1. The molecule has 0 atom stereocenters. The summed E-state index contributed by atoms with van der Waals surface area (Å²) in [5, 5.41) is 0.629. The second-order valence-corrected chi connectivity index (χ2v) is 10.9. The van der Waals surface area contributed by atoms with E-state index in [0.29, 0.717) is 11.7 Å². The minimum atomic E-state index is -3.51. The average Bonchev–Trinajstić information content (AvgIpc) is 3.18. The monoisotopic (exact) mass is 459 g/mol. The minimum absolute atomic E-state index is 0.0741. The summed E-state index contributed by atoms with van der Waals surface area (Å²) in [4.78, 5) is 21.7. The molecule has 1 amide bonds. The molecule has 0 aliphatic heterocycles. The van der Waals surface area contributed by atoms with Crippen molar-refractivity contribution in [2.75, 3.05) is 37.8 Å². The molecule has 6 nitrogen and oxygen atoms in total. The Morgan fingerprint density at radius 1 is 1.06 bits per heavy atom. The molecular weight excluding hydrogens is 430 g/mol. The van der Waals surface area contributed by atoms with E-state index in [1.54, 1.807) is 35.2 Å². The molecule has 0 aliphatic carbocycles. The molecule has 1 aromatic heterocycles. The predicted molar refractivity (Wildman–Crippen MR) is 128 cm³/mol. The van der Waals surface area contributed by atoms with E-state index in [2.05, 4.69) is 28.9 Å². The number of aryl methyl sites for hydroxylation is 1. The lowest BCUT2D eigenvalue weighted by molar-refractivity contribution is -0.118. The van der Waals surface area contributed by atoms with Crippen LogP contribution in [0.4, 0.5) is 5.13 Å². The summed E-state index contributed by atoms with van der Waals surface area (Å²) in [5.41, 5.74) is 2.08. The number of nitrogens with zero attached hydrogens (tertiary/aromatic N) is 3. The van der Waals surface area contributed by atoms with Crippen molar-refractivity contribution in [3.05, 3.63) is 54.1 Å². The Hall–Kier alpha value is -2.29. The van der Waals surface area contributed by atoms with Gasteiger partial charge in [-0.1, -0.05) is 42.5 Å². The summed E-state index contributed by atoms with van der Waals surface area (Å²) in [6.45, 7) is 3.44. The van der Waals surface area contributed by atoms with E-state index in [4.69, 9.17) is 0 Å². The maximum Gasteiger partial charge on any atom is 0.229 e. The van der Waals surface area contributed by atoms with Gasteiger partial charge in [0.25, 0.3) is 0 Å². The van der Waals surface area contributed by atoms with Crippen LogP contribution in [-0.2, 0) is 21.1 Å². The Labute approximate surface area is 188 Å². The lowest BCUT2D eigenvalue weighted by atomic mass is 10.2. The van der Waals surface area contributed by atoms with Crippen molar-refractivity contribution < 1.29 is 13.2 Å². The Morgan fingerprint density at radius 3 is 2.48 bits per heavy atom. The fourth-order valence-corrected chi connectivity index (χ4v) is 5.59. The molecule has 3 aromatic rings. The molecule has 0 aliphatic rings. The van der Waals surface area contributed by atoms with Gasteiger partial charge in [0, 0.05) is 13.0 Å². The number of hydrogen-bond acceptors (Lipinski definition) is 6. The Morgan fingerprint density at radius 2 is 1.81 bits per heavy atom. The van der Waals surface area contributed by atoms with E-state index < -0.39 is 9.84 Å². The van der Waals surface area contributed by atoms with Crippen molar-refractivity contribution in [1.29, 1.82) is 0 Å². The highest BCUT2D eigenvalue weighted by Gasteiger charge is 2.23. The molecule has 2 aromatic carbocycles. The van der Waals surface area contributed by atoms with Gasteiger partial charge in [-0.05, 0) is 63.3 Å². The maximum atomic E-state index is 13.1. The third kappa shape index (κ3) is 6.12. The van der Waals surface area contributed by atoms with E-state index in [0.717, 1.165) is 29.6 Å². The molecule has 0 bridgehead atoms. The number of anilines is 1. The number of thiazole rings is 1. The first-order chi connectivity index (χ1) is 14.8. The number of carbonyl (C=O) groups is 1. The van der Waals surface area contributed by atoms with Crippen molar-refractivity contribution in [3.8, 4) is 0 Å². The molecule has 0 N–H and O–H groups in total. The number of hydrogen-bond donors (Lipinski definition) is 0. The number of amides is 1. The topological polar surface area (TPSA) is 70.6 Å². The predicted octanol–water partition coefficient (Wildman–Crippen LogP) is 4.01. The van der Waals surface area contributed by atoms with Crippen molar-refractivity contribution >= 4 is 42.4 Å². The molecule has 0 spiro atoms. The van der Waals surface area contributed by atoms with Crippen LogP contribution in [0.3, 0.4) is 0 Å². The van der Waals surface area contributed by atoms with E-state index in [9.17, 15) is 13.2 Å². The van der Waals surface area contributed by atoms with Crippen LogP contribution < -0.4 is 4.90 Å². The Bertz CT molecular complexity index is 1130. The zero-order valence-electron chi connectivity index (χ0n) is 18.2. The first-order valence-electron chi connectivity index (χ1n) is 10.4. The third-order valence-electron chi connectivity index (χ3n) is 5.06. The van der Waals surface area contributed by atoms with E-state index in [-0.39, 0.29) is 23.0 Å². The summed E-state index contributed by atoms with van der Waals surface area (Å²) >= 11 is 1.48. The molecule has 0 saturated heterocycles. The van der Waals surface area contributed by atoms with Crippen molar-refractivity contribution in [3.63, 3.8) is 0 Å². The van der Waals surface area contributed by atoms with Gasteiger partial charge in [0.05, 0.1) is 20.9 Å². The zero-order valence-corrected chi connectivity index (χ0v) is 19.9. The normalized spacial score (nSPS) is 11.9. The van der Waals surface area contributed by atoms with Crippen LogP contribution in [0.2, 0.25) is 0 Å². The number of sulfone groups is 1. The summed E-state index contributed by atoms with van der Waals surface area (Å²) in [7, 11) is 0.466. The third-order valence-corrected chi connectivity index (χ3v) is 7.83. The lowest BCUT2D eigenvalue weighted by Crippen LogP contribution is -2.34. The molecule has 166 valence electrons. The highest BCUT2D eigenvalue weighted by molar-refractivity contribution is 7.91. The van der Waals surface area contributed by atoms with E-state index in [1.165, 1.54) is 16.9 Å². The SMILES string of the molecule is CCc1ccc2nc(N(CCCN(C)C)C(=O)CCS(=O)(=O)c3ccccc3)sc2c1. The smallest absolute Gasteiger partial charge is 0.229 e. The van der Waals surface area contributed by atoms with Gasteiger partial charge in [0.2, 0.25) is 5.91 Å². The van der Waals surface area contributed by atoms with Gasteiger partial charge in [-0.3, -0.25) is 9.69 Å². The summed E-state index contributed by atoms with van der Waals surface area (Å²) in [5.74, 6) is -0.432. The van der Waals surface area contributed by atoms with Crippen LogP contribution in [0.1, 0.15) is 25.3 Å². The van der Waals surface area contributed by atoms with Crippen LogP contribution in [0, 0.1) is 0 Å². The number of fused-ring (bicyclic) bond motifs is 1. The van der Waals surface area contributed by atoms with Crippen molar-refractivity contribution in [2.24, 2.45) is 0 Å². The van der Waals surface area contributed by atoms with Gasteiger partial charge >= 0.3 is 0 Å². The van der Waals surface area contributed by atoms with Crippen LogP contribution in [0.25, 0.3) is 10.2 Å². The van der Waals surface area contributed by atoms with Crippen molar-refractivity contribution in [2.45, 2.75) is 31.1 Å². The number of rotatable bonds is 10. The van der Waals surface area contributed by atoms with Crippen LogP contribution >= 0.6 is 11.3 Å². The first-order valence-corrected chi connectivity index (χ1v) is 12.9. The van der Waals surface area contributed by atoms with Gasteiger partial charge in [0.1, 0.15) is 0 Å². The lowest BCUT2D eigenvalue weighted by Gasteiger charge is -2.21. The molecule has 0 unspecified atom stereocenters. The second-order valence-electron chi connectivity index (χ2n) is 7.74. The second kappa shape index (κ2) is 10.3. The van der Waals surface area contributed by atoms with Gasteiger partial charge in [-0.25, -0.2) is 13.4 Å². The van der Waals surface area contributed by atoms with Crippen molar-refractivity contribution in [1.82, 2.24) is 9.88 Å². The first kappa shape index (κ1) is 23.4. The maximum absolute atomic E-state index is 13.1. The zero-order chi connectivity index (χ0) is 22.4. The molecule has 0 fully saturated rings. The Kier molecular flexibility index (Phi) is 7.80. The molecule has 31 heavy (non-hydrogen) atoms. The largest absolute Gasteiger partial charge is 0.309 e. The number of aromatic nitrogens is 1. The highest BCUT2D eigenvalue weighted by atomic mass is 32.2. The molecule has 8 heteroatoms. The Balaban J connectivity index is 1.80. The van der Waals surface area contributed by atoms with Gasteiger partial charge in [0.15, 0.2) is 15.0 Å². The van der Waals surface area contributed by atoms with E-state index in [1.807, 2.05) is 20.2 Å². The molecule has 0 radical (unpaired) electrons. The van der Waals surface area contributed by atoms with Crippen LogP contribution in [-0.4, -0.2) is 57.1 Å². The molecule has 1 heterocycles. The van der Waals surface area contributed by atoms with Gasteiger partial charge in [-0.2, -0.15) is 0 Å². The van der Waals surface area contributed by atoms with Gasteiger partial charge in [-0.15, -0.1) is 0 Å². The van der Waals surface area contributed by atoms with Crippen LogP contribution in [0.5, 0.6) is 0 Å². The fraction of sp³-hybridized carbons (Fsp3) is 0.391. The molecular formula is C23H29N3O3S2. The molecule has 0 saturated carbocycles. The minimum Gasteiger partial charge on any atom is -0.309 e. The quantitative estimate of drug-likeness (QED) is 0.458. The summed E-state index contributed by atoms with van der Waals surface area (Å²) < 4.78 is 26.3. The fourth-order valence-electron chi connectivity index (χ4n) is 3.27. The standard InChI is InChI=1S/C23H29N3O3S2/c1-4-18-11-12-20-21(17-18)30-23(24-20)26(15-8-14-25(2)3)22(27)13-16-31(28,29)19-9-6-5-7-10-19/h5-7,9-12,17H,4,8,13-16H2,1-3H3. The summed E-state index contributed by atoms with van der Waals surface area (Å²) in [6.07, 6.45) is 1.64. The highest BCUT2D eigenvalue weighted by Crippen LogP contribution is 2.30. The van der Waals surface area contributed by atoms with Gasteiger partial charge < -0.3 is 4.90 Å². The van der Waals surface area contributed by atoms with Crippen LogP contribution in [0.15, 0.2) is 53.4 Å². The molecule has 3 rings (SSSR count). The summed E-state index contributed by atoms with van der Waals surface area (Å²) in [6, 6.07) is 14.4.